The number of hydrogen-bond acceptors (Lipinski definition) is 6. The lowest BCUT2D eigenvalue weighted by atomic mass is 10.1. The molecule has 2 aromatic carbocycles. The van der Waals surface area contributed by atoms with Gasteiger partial charge in [0.25, 0.3) is 20.2 Å². The summed E-state index contributed by atoms with van der Waals surface area (Å²) in [4.78, 5) is 20.9. The van der Waals surface area contributed by atoms with Crippen LogP contribution in [0, 0.1) is 11.6 Å². The highest BCUT2D eigenvalue weighted by Crippen LogP contribution is 2.10. The van der Waals surface area contributed by atoms with Crippen LogP contribution in [-0.2, 0) is 42.7 Å². The molecule has 0 unspecified atom stereocenters. The molecule has 220 valence electrons. The predicted molar refractivity (Wildman–Crippen MR) is 143 cm³/mol. The summed E-state index contributed by atoms with van der Waals surface area (Å²) >= 11 is 0. The van der Waals surface area contributed by atoms with Crippen LogP contribution >= 0.6 is 0 Å². The summed E-state index contributed by atoms with van der Waals surface area (Å²) in [5.41, 5.74) is 12.3. The van der Waals surface area contributed by atoms with Crippen molar-refractivity contribution in [2.45, 2.75) is 64.2 Å². The lowest BCUT2D eigenvalue weighted by Crippen LogP contribution is -2.13. The Morgan fingerprint density at radius 3 is 1.13 bits per heavy atom. The highest BCUT2D eigenvalue weighted by molar-refractivity contribution is 8.02. The molecular weight excluding hydrogens is 558 g/mol. The van der Waals surface area contributed by atoms with Crippen LogP contribution in [0.1, 0.15) is 62.5 Å². The second-order valence-electron chi connectivity index (χ2n) is 8.59. The summed E-state index contributed by atoms with van der Waals surface area (Å²) in [6.45, 7) is 0. The molecular formula is C25H36F2N2O8S2. The summed E-state index contributed by atoms with van der Waals surface area (Å²) in [7, 11) is -9.24. The quantitative estimate of drug-likeness (QED) is 0.188. The van der Waals surface area contributed by atoms with E-state index in [1.54, 1.807) is 24.3 Å². The monoisotopic (exact) mass is 594 g/mol. The Labute approximate surface area is 228 Å². The average Bonchev–Trinajstić information content (AvgIpc) is 2.79. The van der Waals surface area contributed by atoms with Crippen molar-refractivity contribution in [1.29, 1.82) is 0 Å². The second-order valence-corrected chi connectivity index (χ2v) is 11.9. The van der Waals surface area contributed by atoms with E-state index in [0.29, 0.717) is 12.8 Å². The molecule has 0 aliphatic heterocycles. The minimum atomic E-state index is -4.62. The van der Waals surface area contributed by atoms with Crippen LogP contribution < -0.4 is 11.5 Å². The van der Waals surface area contributed by atoms with Crippen LogP contribution in [0.25, 0.3) is 0 Å². The minimum absolute atomic E-state index is 0.201. The SMILES string of the molecule is NC(=O)CCCCCc1ccc(F)cc1.NC(=O)CCCCCc1ccc(F)cc1.O=S(=O)(O)CS(=O)(=O)O. The van der Waals surface area contributed by atoms with E-state index in [4.69, 9.17) is 20.6 Å². The molecule has 0 bridgehead atoms. The molecule has 2 amide bonds. The van der Waals surface area contributed by atoms with Crippen molar-refractivity contribution in [3.05, 3.63) is 71.3 Å². The molecule has 6 N–H and O–H groups in total. The molecule has 10 nitrogen and oxygen atoms in total. The smallest absolute Gasteiger partial charge is 0.281 e. The predicted octanol–water partition coefficient (Wildman–Crippen LogP) is 3.55. The van der Waals surface area contributed by atoms with Crippen LogP contribution in [0.2, 0.25) is 0 Å². The summed E-state index contributed by atoms with van der Waals surface area (Å²) < 4.78 is 79.4. The molecule has 2 rings (SSSR count). The molecule has 0 saturated heterocycles. The van der Waals surface area contributed by atoms with Crippen LogP contribution in [0.15, 0.2) is 48.5 Å². The van der Waals surface area contributed by atoms with Gasteiger partial charge in [0.2, 0.25) is 16.9 Å². The molecule has 0 saturated carbocycles. The van der Waals surface area contributed by atoms with Crippen molar-refractivity contribution >= 4 is 32.1 Å². The lowest BCUT2D eigenvalue weighted by molar-refractivity contribution is -0.119. The van der Waals surface area contributed by atoms with Gasteiger partial charge in [-0.3, -0.25) is 18.7 Å². The van der Waals surface area contributed by atoms with E-state index in [2.05, 4.69) is 0 Å². The maximum atomic E-state index is 12.6. The van der Waals surface area contributed by atoms with Crippen molar-refractivity contribution in [2.24, 2.45) is 11.5 Å². The second kappa shape index (κ2) is 19.2. The normalized spacial score (nSPS) is 11.0. The van der Waals surface area contributed by atoms with E-state index in [1.807, 2.05) is 0 Å². The van der Waals surface area contributed by atoms with E-state index >= 15 is 0 Å². The standard InChI is InChI=1S/2C12H16FNO.CH4O6S2/c2*13-11-8-6-10(7-9-11)4-2-1-3-5-12(14)15;2-8(3,4)1-9(5,6)7/h2*6-9H,1-5H2,(H2,14,15);1H2,(H,2,3,4)(H,5,6,7). The highest BCUT2D eigenvalue weighted by Gasteiger charge is 2.15. The molecule has 39 heavy (non-hydrogen) atoms. The fourth-order valence-electron chi connectivity index (χ4n) is 3.10. The molecule has 0 fully saturated rings. The molecule has 0 aromatic heterocycles. The molecule has 0 aliphatic rings. The number of amides is 2. The summed E-state index contributed by atoms with van der Waals surface area (Å²) in [6.07, 6.45) is 8.47. The number of unbranched alkanes of at least 4 members (excludes halogenated alkanes) is 4. The third kappa shape index (κ3) is 25.1. The van der Waals surface area contributed by atoms with Gasteiger partial charge in [0.05, 0.1) is 0 Å². The Kier molecular flexibility index (Phi) is 17.7. The number of benzene rings is 2. The van der Waals surface area contributed by atoms with Crippen LogP contribution in [0.3, 0.4) is 0 Å². The van der Waals surface area contributed by atoms with Gasteiger partial charge in [0.15, 0.2) is 0 Å². The number of carbonyl (C=O) groups is 2. The van der Waals surface area contributed by atoms with E-state index in [0.717, 1.165) is 62.5 Å². The average molecular weight is 595 g/mol. The van der Waals surface area contributed by atoms with E-state index in [9.17, 15) is 35.2 Å². The molecule has 0 spiro atoms. The van der Waals surface area contributed by atoms with E-state index in [-0.39, 0.29) is 23.4 Å². The lowest BCUT2D eigenvalue weighted by Gasteiger charge is -2.00. The first-order chi connectivity index (χ1) is 18.1. The van der Waals surface area contributed by atoms with E-state index in [1.165, 1.54) is 24.3 Å². The van der Waals surface area contributed by atoms with Gasteiger partial charge in [-0.05, 0) is 73.9 Å². The molecule has 2 aromatic rings. The molecule has 0 heterocycles. The Bertz CT molecular complexity index is 1110. The van der Waals surface area contributed by atoms with Gasteiger partial charge in [0.1, 0.15) is 11.6 Å². The molecule has 0 aliphatic carbocycles. The maximum Gasteiger partial charge on any atom is 0.281 e. The molecule has 0 atom stereocenters. The zero-order valence-electron chi connectivity index (χ0n) is 21.5. The van der Waals surface area contributed by atoms with Gasteiger partial charge in [-0.25, -0.2) is 8.78 Å². The molecule has 14 heteroatoms. The maximum absolute atomic E-state index is 12.6. The third-order valence-corrected chi connectivity index (χ3v) is 7.28. The Morgan fingerprint density at radius 2 is 0.897 bits per heavy atom. The van der Waals surface area contributed by atoms with Crippen molar-refractivity contribution in [1.82, 2.24) is 0 Å². The number of halogens is 2. The fourth-order valence-corrected chi connectivity index (χ4v) is 4.61. The Hall–Kier alpha value is -2.94. The minimum Gasteiger partial charge on any atom is -0.370 e. The number of hydrogen-bond donors (Lipinski definition) is 4. The summed E-state index contributed by atoms with van der Waals surface area (Å²) in [6, 6.07) is 13.1. The van der Waals surface area contributed by atoms with Gasteiger partial charge in [-0.2, -0.15) is 16.8 Å². The first-order valence-electron chi connectivity index (χ1n) is 12.0. The number of primary amides is 2. The third-order valence-electron chi connectivity index (χ3n) is 4.90. The number of rotatable bonds is 14. The van der Waals surface area contributed by atoms with Crippen LogP contribution in [-0.4, -0.2) is 42.8 Å². The van der Waals surface area contributed by atoms with Crippen LogP contribution in [0.5, 0.6) is 0 Å². The van der Waals surface area contributed by atoms with Crippen molar-refractivity contribution in [2.75, 3.05) is 5.08 Å². The number of carbonyl (C=O) groups excluding carboxylic acids is 2. The first-order valence-corrected chi connectivity index (χ1v) is 15.2. The van der Waals surface area contributed by atoms with Gasteiger partial charge < -0.3 is 11.5 Å². The number of aryl methyl sites for hydroxylation is 2. The highest BCUT2D eigenvalue weighted by atomic mass is 32.3. The first kappa shape index (κ1) is 36.1. The number of nitrogens with two attached hydrogens (primary N) is 2. The largest absolute Gasteiger partial charge is 0.370 e. The molecule has 0 radical (unpaired) electrons. The van der Waals surface area contributed by atoms with Gasteiger partial charge >= 0.3 is 0 Å². The topological polar surface area (TPSA) is 195 Å². The summed E-state index contributed by atoms with van der Waals surface area (Å²) in [5, 5.41) is -1.65. The van der Waals surface area contributed by atoms with Gasteiger partial charge in [-0.1, -0.05) is 37.1 Å². The van der Waals surface area contributed by atoms with Crippen molar-refractivity contribution in [3.8, 4) is 0 Å². The zero-order chi connectivity index (χ0) is 29.9. The van der Waals surface area contributed by atoms with Crippen molar-refractivity contribution < 1.29 is 44.3 Å². The van der Waals surface area contributed by atoms with Gasteiger partial charge in [-0.15, -0.1) is 0 Å². The Morgan fingerprint density at radius 1 is 0.590 bits per heavy atom. The Balaban J connectivity index is 0.000000576. The fraction of sp³-hybridized carbons (Fsp3) is 0.440. The zero-order valence-corrected chi connectivity index (χ0v) is 23.1. The van der Waals surface area contributed by atoms with Crippen LogP contribution in [0.4, 0.5) is 8.78 Å². The summed E-state index contributed by atoms with van der Waals surface area (Å²) in [5.74, 6) is -0.881. The van der Waals surface area contributed by atoms with Crippen molar-refractivity contribution in [3.63, 3.8) is 0 Å². The van der Waals surface area contributed by atoms with Gasteiger partial charge in [0, 0.05) is 12.8 Å². The van der Waals surface area contributed by atoms with E-state index < -0.39 is 25.3 Å².